The van der Waals surface area contributed by atoms with E-state index in [-0.39, 0.29) is 11.7 Å². The van der Waals surface area contributed by atoms with Crippen LogP contribution in [0.1, 0.15) is 0 Å². The Morgan fingerprint density at radius 2 is 1.97 bits per heavy atom. The molecule has 0 spiro atoms. The summed E-state index contributed by atoms with van der Waals surface area (Å²) < 4.78 is 5.41. The van der Waals surface area contributed by atoms with Crippen LogP contribution in [0.5, 0.6) is 5.75 Å². The molecule has 0 radical (unpaired) electrons. The highest BCUT2D eigenvalue weighted by Gasteiger charge is 2.18. The number of phenolic OH excluding ortho intramolecular Hbond substituents is 1. The van der Waals surface area contributed by atoms with E-state index in [1.807, 2.05) is 6.07 Å². The molecule has 3 heterocycles. The number of carbonyl (C=O) groups excluding carboxylic acids is 1. The van der Waals surface area contributed by atoms with Crippen LogP contribution in [-0.2, 0) is 9.53 Å². The minimum absolute atomic E-state index is 0.188. The molecule has 35 heavy (non-hydrogen) atoms. The highest BCUT2D eigenvalue weighted by atomic mass is 35.5. The highest BCUT2D eigenvalue weighted by molar-refractivity contribution is 6.33. The average molecular weight is 492 g/mol. The molecule has 5 rings (SSSR count). The molecule has 0 atom stereocenters. The first-order valence-electron chi connectivity index (χ1n) is 10.9. The number of hydrogen-bond acceptors (Lipinski definition) is 8. The second-order valence-corrected chi connectivity index (χ2v) is 8.25. The fourth-order valence-corrected chi connectivity index (χ4v) is 4.07. The van der Waals surface area contributed by atoms with Crippen molar-refractivity contribution in [2.75, 3.05) is 41.8 Å². The molecular weight excluding hydrogens is 470 g/mol. The number of H-pyrrole nitrogens is 1. The smallest absolute Gasteiger partial charge is 0.247 e. The summed E-state index contributed by atoms with van der Waals surface area (Å²) in [7, 11) is 0. The lowest BCUT2D eigenvalue weighted by Gasteiger charge is -2.29. The third-order valence-corrected chi connectivity index (χ3v) is 5.90. The molecule has 1 saturated heterocycles. The number of carbonyl (C=O) groups is 1. The maximum atomic E-state index is 11.8. The molecule has 4 aromatic rings. The van der Waals surface area contributed by atoms with E-state index in [4.69, 9.17) is 21.3 Å². The van der Waals surface area contributed by atoms with Crippen molar-refractivity contribution in [1.29, 1.82) is 0 Å². The molecule has 2 aromatic heterocycles. The minimum atomic E-state index is -0.333. The topological polar surface area (TPSA) is 128 Å². The van der Waals surface area contributed by atoms with Gasteiger partial charge in [0.1, 0.15) is 5.75 Å². The third-order valence-electron chi connectivity index (χ3n) is 5.57. The number of nitrogens with one attached hydrogen (secondary N) is 3. The zero-order chi connectivity index (χ0) is 24.4. The van der Waals surface area contributed by atoms with Crippen LogP contribution >= 0.6 is 11.6 Å². The number of halogens is 1. The lowest BCUT2D eigenvalue weighted by molar-refractivity contribution is -0.111. The van der Waals surface area contributed by atoms with Crippen LogP contribution in [0.15, 0.2) is 55.3 Å². The van der Waals surface area contributed by atoms with Crippen molar-refractivity contribution in [3.05, 3.63) is 60.3 Å². The van der Waals surface area contributed by atoms with E-state index in [9.17, 15) is 9.90 Å². The predicted octanol–water partition coefficient (Wildman–Crippen LogP) is 4.08. The van der Waals surface area contributed by atoms with E-state index in [0.717, 1.165) is 0 Å². The Morgan fingerprint density at radius 3 is 2.77 bits per heavy atom. The van der Waals surface area contributed by atoms with Gasteiger partial charge in [0.25, 0.3) is 0 Å². The zero-order valence-corrected chi connectivity index (χ0v) is 19.3. The van der Waals surface area contributed by atoms with Gasteiger partial charge in [-0.3, -0.25) is 9.89 Å². The molecule has 1 amide bonds. The normalized spacial score (nSPS) is 13.6. The van der Waals surface area contributed by atoms with E-state index >= 15 is 0 Å². The summed E-state index contributed by atoms with van der Waals surface area (Å²) in [5.74, 6) is 0.167. The molecule has 1 aliphatic heterocycles. The van der Waals surface area contributed by atoms with Crippen LogP contribution < -0.4 is 15.5 Å². The van der Waals surface area contributed by atoms with Gasteiger partial charge in [-0.05, 0) is 42.5 Å². The van der Waals surface area contributed by atoms with Crippen molar-refractivity contribution in [1.82, 2.24) is 20.2 Å². The summed E-state index contributed by atoms with van der Waals surface area (Å²) >= 11 is 6.52. The summed E-state index contributed by atoms with van der Waals surface area (Å²) in [5, 5.41) is 24.4. The largest absolute Gasteiger partial charge is 0.506 e. The van der Waals surface area contributed by atoms with Crippen LogP contribution in [-0.4, -0.2) is 57.5 Å². The molecule has 0 saturated carbocycles. The van der Waals surface area contributed by atoms with Crippen molar-refractivity contribution in [3.63, 3.8) is 0 Å². The summed E-state index contributed by atoms with van der Waals surface area (Å²) in [6, 6.07) is 10.3. The maximum Gasteiger partial charge on any atom is 0.247 e. The Bertz CT molecular complexity index is 1420. The molecule has 10 nitrogen and oxygen atoms in total. The molecule has 178 valence electrons. The first-order chi connectivity index (χ1) is 17.0. The number of nitrogens with zero attached hydrogens (tertiary/aromatic N) is 4. The van der Waals surface area contributed by atoms with E-state index in [0.29, 0.717) is 76.6 Å². The number of rotatable bonds is 6. The number of phenols is 1. The van der Waals surface area contributed by atoms with Gasteiger partial charge in [0, 0.05) is 30.0 Å². The van der Waals surface area contributed by atoms with Gasteiger partial charge in [-0.15, -0.1) is 0 Å². The number of aromatic hydroxyl groups is 1. The number of aromatic amines is 1. The van der Waals surface area contributed by atoms with Crippen LogP contribution in [0.4, 0.5) is 23.0 Å². The molecule has 2 aromatic carbocycles. The first kappa shape index (κ1) is 22.6. The number of morpholine rings is 1. The van der Waals surface area contributed by atoms with Crippen molar-refractivity contribution in [2.45, 2.75) is 0 Å². The average Bonchev–Trinajstić information content (AvgIpc) is 3.35. The van der Waals surface area contributed by atoms with Gasteiger partial charge < -0.3 is 25.4 Å². The first-order valence-corrected chi connectivity index (χ1v) is 11.3. The highest BCUT2D eigenvalue weighted by Crippen LogP contribution is 2.35. The fourth-order valence-electron chi connectivity index (χ4n) is 3.86. The van der Waals surface area contributed by atoms with Gasteiger partial charge in [0.15, 0.2) is 5.65 Å². The third kappa shape index (κ3) is 4.75. The van der Waals surface area contributed by atoms with Gasteiger partial charge in [0.2, 0.25) is 11.9 Å². The number of fused-ring (bicyclic) bond motifs is 1. The van der Waals surface area contributed by atoms with Crippen molar-refractivity contribution < 1.29 is 14.6 Å². The van der Waals surface area contributed by atoms with Crippen LogP contribution in [0, 0.1) is 0 Å². The van der Waals surface area contributed by atoms with Crippen molar-refractivity contribution in [2.24, 2.45) is 0 Å². The van der Waals surface area contributed by atoms with Crippen LogP contribution in [0.3, 0.4) is 0 Å². The maximum absolute atomic E-state index is 11.8. The van der Waals surface area contributed by atoms with Crippen molar-refractivity contribution in [3.8, 4) is 17.0 Å². The Kier molecular flexibility index (Phi) is 6.21. The van der Waals surface area contributed by atoms with Gasteiger partial charge >= 0.3 is 0 Å². The van der Waals surface area contributed by atoms with Crippen LogP contribution in [0.25, 0.3) is 22.3 Å². The Morgan fingerprint density at radius 1 is 1.17 bits per heavy atom. The van der Waals surface area contributed by atoms with Gasteiger partial charge in [-0.25, -0.2) is 4.98 Å². The number of amides is 1. The standard InChI is InChI=1S/C24H22ClN7O3/c1-2-21(34)27-14-3-5-18(25)16(11-14)22-17-13-26-31-23(17)30-24(29-22)28-15-4-6-20(33)19(12-15)32-7-9-35-10-8-32/h2-6,11-13,33H,1,7-10H2,(H,27,34)(H2,26,28,29,30,31). The van der Waals surface area contributed by atoms with Crippen LogP contribution in [0.2, 0.25) is 5.02 Å². The SMILES string of the molecule is C=CC(=O)Nc1ccc(Cl)c(-c2nc(Nc3ccc(O)c(N4CCOCC4)c3)nc3[nH]ncc23)c1. The lowest BCUT2D eigenvalue weighted by atomic mass is 10.1. The molecule has 0 bridgehead atoms. The summed E-state index contributed by atoms with van der Waals surface area (Å²) in [6.07, 6.45) is 2.81. The zero-order valence-electron chi connectivity index (χ0n) is 18.6. The Labute approximate surface area is 205 Å². The molecule has 1 fully saturated rings. The number of aromatic nitrogens is 4. The van der Waals surface area contributed by atoms with Gasteiger partial charge in [0.05, 0.1) is 41.2 Å². The molecule has 0 unspecified atom stereocenters. The van der Waals surface area contributed by atoms with E-state index in [2.05, 4.69) is 37.3 Å². The summed E-state index contributed by atoms with van der Waals surface area (Å²) in [6.45, 7) is 6.07. The van der Waals surface area contributed by atoms with E-state index in [1.165, 1.54) is 6.08 Å². The Hall–Kier alpha value is -4.15. The minimum Gasteiger partial charge on any atom is -0.506 e. The summed E-state index contributed by atoms with van der Waals surface area (Å²) in [5.41, 5.74) is 3.61. The lowest BCUT2D eigenvalue weighted by Crippen LogP contribution is -2.36. The number of benzene rings is 2. The summed E-state index contributed by atoms with van der Waals surface area (Å²) in [4.78, 5) is 23.1. The van der Waals surface area contributed by atoms with Gasteiger partial charge in [-0.2, -0.15) is 10.1 Å². The van der Waals surface area contributed by atoms with Crippen molar-refractivity contribution >= 4 is 51.6 Å². The molecule has 0 aliphatic carbocycles. The number of anilines is 4. The fraction of sp³-hybridized carbons (Fsp3) is 0.167. The van der Waals surface area contributed by atoms with E-state index < -0.39 is 0 Å². The monoisotopic (exact) mass is 491 g/mol. The molecule has 4 N–H and O–H groups in total. The quantitative estimate of drug-likeness (QED) is 0.234. The molecule has 11 heteroatoms. The van der Waals surface area contributed by atoms with E-state index in [1.54, 1.807) is 36.5 Å². The second-order valence-electron chi connectivity index (χ2n) is 7.84. The Balaban J connectivity index is 1.52. The molecular formula is C24H22ClN7O3. The van der Waals surface area contributed by atoms with Gasteiger partial charge in [-0.1, -0.05) is 18.2 Å². The number of ether oxygens (including phenoxy) is 1. The second kappa shape index (κ2) is 9.61. The predicted molar refractivity (Wildman–Crippen MR) is 135 cm³/mol. The number of hydrogen-bond donors (Lipinski definition) is 4. The molecule has 1 aliphatic rings.